The summed E-state index contributed by atoms with van der Waals surface area (Å²) < 4.78 is 12.3. The Kier molecular flexibility index (Phi) is 5.41. The van der Waals surface area contributed by atoms with Gasteiger partial charge in [-0.25, -0.2) is 0 Å². The Balaban J connectivity index is 2.01. The lowest BCUT2D eigenvalue weighted by Crippen LogP contribution is -2.23. The van der Waals surface area contributed by atoms with E-state index in [-0.39, 0.29) is 11.3 Å². The van der Waals surface area contributed by atoms with Crippen LogP contribution < -0.4 is 15.0 Å². The van der Waals surface area contributed by atoms with E-state index in [0.717, 1.165) is 0 Å². The van der Waals surface area contributed by atoms with Gasteiger partial charge < -0.3 is 9.47 Å². The van der Waals surface area contributed by atoms with E-state index < -0.39 is 0 Å². The molecule has 0 radical (unpaired) electrons. The second kappa shape index (κ2) is 7.91. The molecule has 0 aliphatic carbocycles. The van der Waals surface area contributed by atoms with Crippen molar-refractivity contribution in [2.45, 2.75) is 19.8 Å². The lowest BCUT2D eigenvalue weighted by molar-refractivity contribution is 0.412. The monoisotopic (exact) mass is 362 g/mol. The van der Waals surface area contributed by atoms with Gasteiger partial charge in [0.2, 0.25) is 5.75 Å². The molecule has 27 heavy (non-hydrogen) atoms. The van der Waals surface area contributed by atoms with Gasteiger partial charge in [-0.2, -0.15) is 9.78 Å². The first kappa shape index (κ1) is 18.5. The van der Waals surface area contributed by atoms with Crippen molar-refractivity contribution < 1.29 is 9.47 Å². The first-order chi connectivity index (χ1) is 13.0. The normalized spacial score (nSPS) is 10.7. The lowest BCUT2D eigenvalue weighted by atomic mass is 10.0. The van der Waals surface area contributed by atoms with Crippen LogP contribution in [0.2, 0.25) is 0 Å². The van der Waals surface area contributed by atoms with Crippen LogP contribution in [0.1, 0.15) is 30.9 Å². The molecular weight excluding hydrogens is 340 g/mol. The zero-order chi connectivity index (χ0) is 19.4. The third-order valence-corrected chi connectivity index (χ3v) is 4.26. The number of benzene rings is 2. The zero-order valence-electron chi connectivity index (χ0n) is 15.7. The molecule has 5 heteroatoms. The maximum Gasteiger partial charge on any atom is 0.315 e. The molecule has 2 aromatic carbocycles. The van der Waals surface area contributed by atoms with Crippen molar-refractivity contribution in [3.8, 4) is 22.9 Å². The van der Waals surface area contributed by atoms with E-state index in [1.807, 2.05) is 24.3 Å². The first-order valence-corrected chi connectivity index (χ1v) is 8.70. The predicted molar refractivity (Wildman–Crippen MR) is 107 cm³/mol. The summed E-state index contributed by atoms with van der Waals surface area (Å²) >= 11 is 0. The number of hydrogen-bond acceptors (Lipinski definition) is 4. The molecule has 1 heterocycles. The summed E-state index contributed by atoms with van der Waals surface area (Å²) in [4.78, 5) is 13.0. The van der Waals surface area contributed by atoms with Crippen LogP contribution in [0.4, 0.5) is 0 Å². The molecule has 0 saturated heterocycles. The minimum atomic E-state index is -0.347. The number of nitrogens with zero attached hydrogens (tertiary/aromatic N) is 2. The van der Waals surface area contributed by atoms with Gasteiger partial charge in [-0.05, 0) is 47.9 Å². The van der Waals surface area contributed by atoms with Gasteiger partial charge in [0.15, 0.2) is 0 Å². The van der Waals surface area contributed by atoms with Gasteiger partial charge in [-0.15, -0.1) is 0 Å². The second-order valence-electron chi connectivity index (χ2n) is 6.37. The van der Waals surface area contributed by atoms with Crippen LogP contribution in [0.5, 0.6) is 17.2 Å². The number of rotatable bonds is 6. The van der Waals surface area contributed by atoms with Crippen LogP contribution >= 0.6 is 0 Å². The molecule has 0 N–H and O–H groups in total. The van der Waals surface area contributed by atoms with Crippen LogP contribution in [0, 0.1) is 0 Å². The maximum atomic E-state index is 13.0. The van der Waals surface area contributed by atoms with Crippen LogP contribution in [-0.2, 0) is 0 Å². The fraction of sp³-hybridized carbons (Fsp3) is 0.182. The smallest absolute Gasteiger partial charge is 0.315 e. The fourth-order valence-corrected chi connectivity index (χ4v) is 2.64. The van der Waals surface area contributed by atoms with E-state index in [1.54, 1.807) is 43.6 Å². The molecule has 0 atom stereocenters. The molecule has 3 aromatic rings. The van der Waals surface area contributed by atoms with Crippen LogP contribution in [0.3, 0.4) is 0 Å². The van der Waals surface area contributed by atoms with Gasteiger partial charge in [0.1, 0.15) is 11.5 Å². The van der Waals surface area contributed by atoms with Gasteiger partial charge in [0, 0.05) is 5.56 Å². The third kappa shape index (κ3) is 3.92. The van der Waals surface area contributed by atoms with Crippen molar-refractivity contribution in [2.75, 3.05) is 7.11 Å². The average Bonchev–Trinajstić information content (AvgIpc) is 2.70. The minimum Gasteiger partial charge on any atom is -0.497 e. The van der Waals surface area contributed by atoms with Gasteiger partial charge in [0.05, 0.1) is 19.0 Å². The van der Waals surface area contributed by atoms with E-state index in [4.69, 9.17) is 9.47 Å². The molecule has 138 valence electrons. The van der Waals surface area contributed by atoms with Crippen molar-refractivity contribution in [3.05, 3.63) is 82.8 Å². The van der Waals surface area contributed by atoms with Gasteiger partial charge in [0.25, 0.3) is 0 Å². The molecule has 3 rings (SSSR count). The number of methoxy groups -OCH3 is 1. The van der Waals surface area contributed by atoms with Crippen LogP contribution in [0.25, 0.3) is 11.8 Å². The lowest BCUT2D eigenvalue weighted by Gasteiger charge is -2.12. The number of hydrogen-bond donors (Lipinski definition) is 0. The van der Waals surface area contributed by atoms with Crippen LogP contribution in [0.15, 0.2) is 66.1 Å². The highest BCUT2D eigenvalue weighted by molar-refractivity contribution is 5.55. The van der Waals surface area contributed by atoms with Crippen molar-refractivity contribution in [2.24, 2.45) is 0 Å². The molecule has 1 aromatic heterocycles. The SMILES string of the molecule is C=Cc1cnn(-c2ccc(C(C)C)cc2)c(=O)c1Oc1ccc(OC)cc1. The van der Waals surface area contributed by atoms with Gasteiger partial charge in [-0.1, -0.05) is 38.6 Å². The van der Waals surface area contributed by atoms with E-state index in [2.05, 4.69) is 25.5 Å². The predicted octanol–water partition coefficient (Wildman–Crippen LogP) is 4.80. The Labute approximate surface area is 158 Å². The van der Waals surface area contributed by atoms with E-state index >= 15 is 0 Å². The Hall–Kier alpha value is -3.34. The maximum absolute atomic E-state index is 13.0. The summed E-state index contributed by atoms with van der Waals surface area (Å²) in [7, 11) is 1.60. The number of ether oxygens (including phenoxy) is 2. The highest BCUT2D eigenvalue weighted by atomic mass is 16.5. The van der Waals surface area contributed by atoms with Gasteiger partial charge >= 0.3 is 5.56 Å². The van der Waals surface area contributed by atoms with Crippen molar-refractivity contribution in [1.82, 2.24) is 9.78 Å². The number of aromatic nitrogens is 2. The Bertz CT molecular complexity index is 988. The molecule has 0 unspecified atom stereocenters. The molecular formula is C22H22N2O3. The standard InChI is InChI=1S/C22H22N2O3/c1-5-16-14-23-24(18-8-6-17(7-9-18)15(2)3)22(25)21(16)27-20-12-10-19(26-4)11-13-20/h5-15H,1H2,2-4H3. The topological polar surface area (TPSA) is 53.4 Å². The largest absolute Gasteiger partial charge is 0.497 e. The third-order valence-electron chi connectivity index (χ3n) is 4.26. The second-order valence-corrected chi connectivity index (χ2v) is 6.37. The molecule has 0 aliphatic heterocycles. The first-order valence-electron chi connectivity index (χ1n) is 8.70. The quantitative estimate of drug-likeness (QED) is 0.632. The summed E-state index contributed by atoms with van der Waals surface area (Å²) in [6, 6.07) is 14.8. The molecule has 0 aliphatic rings. The Morgan fingerprint density at radius 1 is 1.04 bits per heavy atom. The van der Waals surface area contributed by atoms with E-state index in [1.165, 1.54) is 10.2 Å². The molecule has 0 amide bonds. The molecule has 0 spiro atoms. The van der Waals surface area contributed by atoms with E-state index in [0.29, 0.717) is 28.7 Å². The fourth-order valence-electron chi connectivity index (χ4n) is 2.64. The van der Waals surface area contributed by atoms with Crippen LogP contribution in [-0.4, -0.2) is 16.9 Å². The molecule has 0 bridgehead atoms. The highest BCUT2D eigenvalue weighted by Crippen LogP contribution is 2.25. The summed E-state index contributed by atoms with van der Waals surface area (Å²) in [5, 5.41) is 4.26. The summed E-state index contributed by atoms with van der Waals surface area (Å²) in [5.41, 5.74) is 2.06. The summed E-state index contributed by atoms with van der Waals surface area (Å²) in [5.74, 6) is 1.84. The Morgan fingerprint density at radius 2 is 1.67 bits per heavy atom. The molecule has 5 nitrogen and oxygen atoms in total. The molecule has 0 saturated carbocycles. The van der Waals surface area contributed by atoms with Crippen molar-refractivity contribution >= 4 is 6.08 Å². The highest BCUT2D eigenvalue weighted by Gasteiger charge is 2.14. The van der Waals surface area contributed by atoms with Gasteiger partial charge in [-0.3, -0.25) is 4.79 Å². The Morgan fingerprint density at radius 3 is 2.22 bits per heavy atom. The summed E-state index contributed by atoms with van der Waals surface area (Å²) in [6.07, 6.45) is 3.13. The van der Waals surface area contributed by atoms with Crippen molar-refractivity contribution in [1.29, 1.82) is 0 Å². The average molecular weight is 362 g/mol. The zero-order valence-corrected chi connectivity index (χ0v) is 15.7. The molecule has 0 fully saturated rings. The summed E-state index contributed by atoms with van der Waals surface area (Å²) in [6.45, 7) is 8.00. The van der Waals surface area contributed by atoms with E-state index in [9.17, 15) is 4.79 Å². The minimum absolute atomic E-state index is 0.179. The van der Waals surface area contributed by atoms with Crippen molar-refractivity contribution in [3.63, 3.8) is 0 Å².